The van der Waals surface area contributed by atoms with Crippen LogP contribution in [0.5, 0.6) is 0 Å². The number of hydrogen-bond acceptors (Lipinski definition) is 0. The van der Waals surface area contributed by atoms with Crippen molar-refractivity contribution in [3.05, 3.63) is 32.8 Å². The highest BCUT2D eigenvalue weighted by atomic mass is 79.9. The van der Waals surface area contributed by atoms with Crippen molar-refractivity contribution in [2.75, 3.05) is 0 Å². The maximum absolute atomic E-state index is 6.01. The van der Waals surface area contributed by atoms with Crippen LogP contribution in [0.25, 0.3) is 0 Å². The molecule has 0 radical (unpaired) electrons. The average molecular weight is 246 g/mol. The SMILES string of the molecule is CC1CCc2ccc(Cl)c(Br)c21. The third kappa shape index (κ3) is 1.20. The lowest BCUT2D eigenvalue weighted by Gasteiger charge is -2.08. The summed E-state index contributed by atoms with van der Waals surface area (Å²) < 4.78 is 1.10. The fourth-order valence-corrected chi connectivity index (χ4v) is 2.82. The topological polar surface area (TPSA) is 0 Å². The fraction of sp³-hybridized carbons (Fsp3) is 0.400. The smallest absolute Gasteiger partial charge is 0.0551 e. The first-order chi connectivity index (χ1) is 5.70. The van der Waals surface area contributed by atoms with Crippen LogP contribution in [0.2, 0.25) is 5.02 Å². The third-order valence-electron chi connectivity index (χ3n) is 2.56. The molecule has 1 aliphatic carbocycles. The summed E-state index contributed by atoms with van der Waals surface area (Å²) in [7, 11) is 0. The summed E-state index contributed by atoms with van der Waals surface area (Å²) in [5, 5.41) is 0.836. The van der Waals surface area contributed by atoms with Crippen LogP contribution >= 0.6 is 27.5 Å². The van der Waals surface area contributed by atoms with Crippen molar-refractivity contribution in [3.63, 3.8) is 0 Å². The third-order valence-corrected chi connectivity index (χ3v) is 3.96. The Balaban J connectivity index is 2.63. The van der Waals surface area contributed by atoms with Gasteiger partial charge in [0.1, 0.15) is 0 Å². The summed E-state index contributed by atoms with van der Waals surface area (Å²) in [5.74, 6) is 0.660. The summed E-state index contributed by atoms with van der Waals surface area (Å²) in [6.45, 7) is 2.26. The molecule has 0 bridgehead atoms. The number of benzene rings is 1. The number of rotatable bonds is 0. The second kappa shape index (κ2) is 3.04. The second-order valence-corrected chi connectivity index (χ2v) is 4.57. The van der Waals surface area contributed by atoms with E-state index in [0.29, 0.717) is 5.92 Å². The van der Waals surface area contributed by atoms with E-state index in [1.54, 1.807) is 0 Å². The van der Waals surface area contributed by atoms with Crippen LogP contribution in [0.1, 0.15) is 30.4 Å². The summed E-state index contributed by atoms with van der Waals surface area (Å²) in [5.41, 5.74) is 2.88. The van der Waals surface area contributed by atoms with Crippen LogP contribution in [0.15, 0.2) is 16.6 Å². The Morgan fingerprint density at radius 1 is 1.50 bits per heavy atom. The molecule has 0 amide bonds. The molecule has 12 heavy (non-hydrogen) atoms. The molecule has 2 rings (SSSR count). The minimum Gasteiger partial charge on any atom is -0.0831 e. The number of aryl methyl sites for hydroxylation is 1. The largest absolute Gasteiger partial charge is 0.0831 e. The van der Waals surface area contributed by atoms with E-state index in [1.165, 1.54) is 24.0 Å². The predicted octanol–water partition coefficient (Wildman–Crippen LogP) is 4.15. The van der Waals surface area contributed by atoms with Crippen molar-refractivity contribution in [1.82, 2.24) is 0 Å². The van der Waals surface area contributed by atoms with Crippen LogP contribution < -0.4 is 0 Å². The minimum absolute atomic E-state index is 0.660. The van der Waals surface area contributed by atoms with E-state index in [2.05, 4.69) is 28.9 Å². The molecule has 0 fully saturated rings. The highest BCUT2D eigenvalue weighted by Gasteiger charge is 2.21. The number of fused-ring (bicyclic) bond motifs is 1. The van der Waals surface area contributed by atoms with Crippen LogP contribution in [-0.4, -0.2) is 0 Å². The first-order valence-electron chi connectivity index (χ1n) is 4.17. The highest BCUT2D eigenvalue weighted by Crippen LogP contribution is 2.40. The van der Waals surface area contributed by atoms with Crippen molar-refractivity contribution < 1.29 is 0 Å². The highest BCUT2D eigenvalue weighted by molar-refractivity contribution is 9.10. The van der Waals surface area contributed by atoms with Crippen LogP contribution in [0.4, 0.5) is 0 Å². The molecule has 0 aliphatic heterocycles. The van der Waals surface area contributed by atoms with Crippen molar-refractivity contribution in [2.24, 2.45) is 0 Å². The summed E-state index contributed by atoms with van der Waals surface area (Å²) in [4.78, 5) is 0. The van der Waals surface area contributed by atoms with Crippen molar-refractivity contribution in [3.8, 4) is 0 Å². The van der Waals surface area contributed by atoms with Gasteiger partial charge in [-0.1, -0.05) is 24.6 Å². The summed E-state index contributed by atoms with van der Waals surface area (Å²) in [6.07, 6.45) is 2.46. The van der Waals surface area contributed by atoms with Gasteiger partial charge < -0.3 is 0 Å². The molecule has 0 N–H and O–H groups in total. The Bertz CT molecular complexity index is 320. The lowest BCUT2D eigenvalue weighted by atomic mass is 10.0. The van der Waals surface area contributed by atoms with Crippen LogP contribution in [0.3, 0.4) is 0 Å². The molecule has 0 saturated carbocycles. The molecule has 0 aromatic heterocycles. The lowest BCUT2D eigenvalue weighted by molar-refractivity contribution is 0.745. The Morgan fingerprint density at radius 2 is 2.25 bits per heavy atom. The fourth-order valence-electron chi connectivity index (χ4n) is 1.87. The molecule has 1 aromatic rings. The van der Waals surface area contributed by atoms with Crippen molar-refractivity contribution in [1.29, 1.82) is 0 Å². The zero-order chi connectivity index (χ0) is 8.72. The predicted molar refractivity (Wildman–Crippen MR) is 55.9 cm³/mol. The first-order valence-corrected chi connectivity index (χ1v) is 5.34. The molecule has 1 unspecified atom stereocenters. The first kappa shape index (κ1) is 8.58. The molecule has 0 saturated heterocycles. The van der Waals surface area contributed by atoms with Gasteiger partial charge in [0.25, 0.3) is 0 Å². The second-order valence-electron chi connectivity index (χ2n) is 3.37. The maximum Gasteiger partial charge on any atom is 0.0551 e. The van der Waals surface area contributed by atoms with E-state index < -0.39 is 0 Å². The van der Waals surface area contributed by atoms with Gasteiger partial charge in [-0.05, 0) is 51.9 Å². The molecule has 0 heterocycles. The molecular formula is C10H10BrCl. The maximum atomic E-state index is 6.01. The zero-order valence-electron chi connectivity index (χ0n) is 6.90. The molecular weight excluding hydrogens is 235 g/mol. The van der Waals surface area contributed by atoms with Gasteiger partial charge in [0.15, 0.2) is 0 Å². The Labute approximate surface area is 86.1 Å². The van der Waals surface area contributed by atoms with Gasteiger partial charge in [-0.2, -0.15) is 0 Å². The standard InChI is InChI=1S/C10H10BrCl/c1-6-2-3-7-4-5-8(12)10(11)9(6)7/h4-6H,2-3H2,1H3. The summed E-state index contributed by atoms with van der Waals surface area (Å²) >= 11 is 9.55. The molecule has 1 aliphatic rings. The monoisotopic (exact) mass is 244 g/mol. The van der Waals surface area contributed by atoms with Gasteiger partial charge in [-0.3, -0.25) is 0 Å². The van der Waals surface area contributed by atoms with Gasteiger partial charge in [0, 0.05) is 4.47 Å². The van der Waals surface area contributed by atoms with Crippen molar-refractivity contribution in [2.45, 2.75) is 25.7 Å². The van der Waals surface area contributed by atoms with Crippen molar-refractivity contribution >= 4 is 27.5 Å². The Morgan fingerprint density at radius 3 is 3.00 bits per heavy atom. The number of halogens is 2. The van der Waals surface area contributed by atoms with E-state index in [0.717, 1.165) is 9.50 Å². The molecule has 1 atom stereocenters. The van der Waals surface area contributed by atoms with E-state index in [-0.39, 0.29) is 0 Å². The quantitative estimate of drug-likeness (QED) is 0.644. The minimum atomic E-state index is 0.660. The Kier molecular flexibility index (Phi) is 2.18. The van der Waals surface area contributed by atoms with Gasteiger partial charge in [-0.25, -0.2) is 0 Å². The van der Waals surface area contributed by atoms with E-state index in [1.807, 2.05) is 6.07 Å². The normalized spacial score (nSPS) is 21.1. The average Bonchev–Trinajstić information content (AvgIpc) is 2.41. The van der Waals surface area contributed by atoms with Gasteiger partial charge in [-0.15, -0.1) is 0 Å². The molecule has 0 spiro atoms. The molecule has 64 valence electrons. The lowest BCUT2D eigenvalue weighted by Crippen LogP contribution is -1.88. The Hall–Kier alpha value is -0.0100. The van der Waals surface area contributed by atoms with E-state index in [4.69, 9.17) is 11.6 Å². The molecule has 2 heteroatoms. The van der Waals surface area contributed by atoms with Gasteiger partial charge in [0.2, 0.25) is 0 Å². The van der Waals surface area contributed by atoms with Crippen LogP contribution in [-0.2, 0) is 6.42 Å². The van der Waals surface area contributed by atoms with Gasteiger partial charge >= 0.3 is 0 Å². The number of hydrogen-bond donors (Lipinski definition) is 0. The summed E-state index contributed by atoms with van der Waals surface area (Å²) in [6, 6.07) is 4.12. The van der Waals surface area contributed by atoms with Gasteiger partial charge in [0.05, 0.1) is 5.02 Å². The van der Waals surface area contributed by atoms with E-state index in [9.17, 15) is 0 Å². The molecule has 1 aromatic carbocycles. The van der Waals surface area contributed by atoms with E-state index >= 15 is 0 Å². The molecule has 0 nitrogen and oxygen atoms in total. The zero-order valence-corrected chi connectivity index (χ0v) is 9.24. The van der Waals surface area contributed by atoms with Crippen LogP contribution in [0, 0.1) is 0 Å².